The Balaban J connectivity index is 0.00000625. The fourth-order valence-corrected chi connectivity index (χ4v) is 4.52. The highest BCUT2D eigenvalue weighted by Gasteiger charge is 2.27. The number of halogens is 1. The molecule has 1 saturated heterocycles. The van der Waals surface area contributed by atoms with Gasteiger partial charge < -0.3 is 15.5 Å². The van der Waals surface area contributed by atoms with Crippen molar-refractivity contribution in [2.45, 2.75) is 53.0 Å². The van der Waals surface area contributed by atoms with Crippen molar-refractivity contribution >= 4 is 40.0 Å². The van der Waals surface area contributed by atoms with Crippen LogP contribution in [0.2, 0.25) is 0 Å². The van der Waals surface area contributed by atoms with Crippen molar-refractivity contribution in [1.29, 1.82) is 0 Å². The van der Waals surface area contributed by atoms with E-state index in [9.17, 15) is 8.42 Å². The molecule has 0 radical (unpaired) electrons. The minimum absolute atomic E-state index is 0. The highest BCUT2D eigenvalue weighted by atomic mass is 127. The van der Waals surface area contributed by atoms with E-state index >= 15 is 0 Å². The van der Waals surface area contributed by atoms with Gasteiger partial charge in [0.05, 0.1) is 12.3 Å². The fourth-order valence-electron chi connectivity index (χ4n) is 3.00. The summed E-state index contributed by atoms with van der Waals surface area (Å²) < 4.78 is 25.2. The largest absolute Gasteiger partial charge is 0.357 e. The molecule has 0 aromatic heterocycles. The van der Waals surface area contributed by atoms with E-state index in [0.29, 0.717) is 25.7 Å². The molecule has 9 heteroatoms. The smallest absolute Gasteiger partial charge is 0.214 e. The molecule has 26 heavy (non-hydrogen) atoms. The summed E-state index contributed by atoms with van der Waals surface area (Å²) in [6.45, 7) is 14.3. The molecule has 7 nitrogen and oxygen atoms in total. The van der Waals surface area contributed by atoms with Gasteiger partial charge in [0.1, 0.15) is 0 Å². The lowest BCUT2D eigenvalue weighted by Crippen LogP contribution is -2.43. The van der Waals surface area contributed by atoms with E-state index in [1.54, 1.807) is 4.31 Å². The summed E-state index contributed by atoms with van der Waals surface area (Å²) in [5.41, 5.74) is 0. The highest BCUT2D eigenvalue weighted by Crippen LogP contribution is 2.12. The average Bonchev–Trinajstić information content (AvgIpc) is 2.90. The van der Waals surface area contributed by atoms with Crippen molar-refractivity contribution in [1.82, 2.24) is 19.8 Å². The second-order valence-corrected chi connectivity index (χ2v) is 8.63. The Morgan fingerprint density at radius 1 is 1.27 bits per heavy atom. The van der Waals surface area contributed by atoms with E-state index in [0.717, 1.165) is 51.4 Å². The SMILES string of the molecule is CCNC(=NCCN1CCCS1(=O)=O)NC(C)CCCN(CC)CC.I. The van der Waals surface area contributed by atoms with Crippen molar-refractivity contribution in [2.24, 2.45) is 4.99 Å². The van der Waals surface area contributed by atoms with Crippen LogP contribution in [0.5, 0.6) is 0 Å². The van der Waals surface area contributed by atoms with Gasteiger partial charge >= 0.3 is 0 Å². The van der Waals surface area contributed by atoms with Gasteiger partial charge in [0.15, 0.2) is 5.96 Å². The number of nitrogens with one attached hydrogen (secondary N) is 2. The van der Waals surface area contributed by atoms with Crippen LogP contribution in [0.4, 0.5) is 0 Å². The Labute approximate surface area is 177 Å². The number of hydrogen-bond acceptors (Lipinski definition) is 4. The molecule has 1 aliphatic heterocycles. The molecule has 0 aliphatic carbocycles. The van der Waals surface area contributed by atoms with Gasteiger partial charge in [0.2, 0.25) is 10.0 Å². The molecule has 0 amide bonds. The molecule has 0 aromatic carbocycles. The first-order valence-corrected chi connectivity index (χ1v) is 11.3. The van der Waals surface area contributed by atoms with Gasteiger partial charge in [-0.2, -0.15) is 0 Å². The third-order valence-corrected chi connectivity index (χ3v) is 6.51. The first kappa shape index (κ1) is 25.9. The van der Waals surface area contributed by atoms with Gasteiger partial charge in [-0.3, -0.25) is 4.99 Å². The van der Waals surface area contributed by atoms with E-state index in [4.69, 9.17) is 0 Å². The quantitative estimate of drug-likeness (QED) is 0.255. The van der Waals surface area contributed by atoms with Crippen LogP contribution in [0.1, 0.15) is 47.0 Å². The third-order valence-electron chi connectivity index (χ3n) is 4.56. The third kappa shape index (κ3) is 9.70. The van der Waals surface area contributed by atoms with E-state index in [-0.39, 0.29) is 29.7 Å². The molecule has 156 valence electrons. The fraction of sp³-hybridized carbons (Fsp3) is 0.941. The van der Waals surface area contributed by atoms with Crippen molar-refractivity contribution in [3.8, 4) is 0 Å². The molecule has 0 bridgehead atoms. The molecule has 2 N–H and O–H groups in total. The number of hydrogen-bond donors (Lipinski definition) is 2. The predicted octanol–water partition coefficient (Wildman–Crippen LogP) is 1.71. The molecule has 1 atom stereocenters. The van der Waals surface area contributed by atoms with E-state index in [1.807, 2.05) is 6.92 Å². The Hall–Kier alpha value is -0.130. The topological polar surface area (TPSA) is 77.0 Å². The van der Waals surface area contributed by atoms with E-state index < -0.39 is 10.0 Å². The number of rotatable bonds is 11. The Morgan fingerprint density at radius 3 is 2.50 bits per heavy atom. The Kier molecular flexibility index (Phi) is 13.9. The maximum atomic E-state index is 11.8. The maximum absolute atomic E-state index is 11.8. The standard InChI is InChI=1S/C17H37N5O2S.HI/c1-5-18-17(19-11-14-22-13-9-15-25(22,23)24)20-16(4)10-8-12-21(6-2)7-3;/h16H,5-15H2,1-4H3,(H2,18,19,20);1H. The molecular weight excluding hydrogens is 465 g/mol. The van der Waals surface area contributed by atoms with Crippen LogP contribution in [0.15, 0.2) is 4.99 Å². The van der Waals surface area contributed by atoms with Gasteiger partial charge in [-0.1, -0.05) is 13.8 Å². The van der Waals surface area contributed by atoms with Crippen molar-refractivity contribution in [2.75, 3.05) is 51.6 Å². The summed E-state index contributed by atoms with van der Waals surface area (Å²) in [6.07, 6.45) is 2.97. The summed E-state index contributed by atoms with van der Waals surface area (Å²) in [6, 6.07) is 0.337. The summed E-state index contributed by atoms with van der Waals surface area (Å²) in [5.74, 6) is 1.05. The van der Waals surface area contributed by atoms with Crippen molar-refractivity contribution in [3.05, 3.63) is 0 Å². The molecular formula is C17H38IN5O2S. The van der Waals surface area contributed by atoms with Crippen molar-refractivity contribution < 1.29 is 8.42 Å². The van der Waals surface area contributed by atoms with Gasteiger partial charge in [0.25, 0.3) is 0 Å². The number of guanidine groups is 1. The lowest BCUT2D eigenvalue weighted by atomic mass is 10.2. The molecule has 0 aromatic rings. The normalized spacial score (nSPS) is 18.6. The van der Waals surface area contributed by atoms with Crippen LogP contribution < -0.4 is 10.6 Å². The number of aliphatic imine (C=N–C) groups is 1. The molecule has 1 aliphatic rings. The Bertz CT molecular complexity index is 497. The average molecular weight is 503 g/mol. The van der Waals surface area contributed by atoms with E-state index in [1.165, 1.54) is 0 Å². The Morgan fingerprint density at radius 2 is 1.96 bits per heavy atom. The second kappa shape index (κ2) is 14.0. The van der Waals surface area contributed by atoms with E-state index in [2.05, 4.69) is 41.3 Å². The van der Waals surface area contributed by atoms with Gasteiger partial charge in [0, 0.05) is 25.7 Å². The molecule has 1 rings (SSSR count). The van der Waals surface area contributed by atoms with Crippen molar-refractivity contribution in [3.63, 3.8) is 0 Å². The first-order valence-electron chi connectivity index (χ1n) is 9.67. The van der Waals surface area contributed by atoms with Crippen LogP contribution in [-0.4, -0.2) is 81.2 Å². The van der Waals surface area contributed by atoms with Crippen LogP contribution in [0.25, 0.3) is 0 Å². The molecule has 1 fully saturated rings. The predicted molar refractivity (Wildman–Crippen MR) is 121 cm³/mol. The number of sulfonamides is 1. The number of nitrogens with zero attached hydrogens (tertiary/aromatic N) is 3. The van der Waals surface area contributed by atoms with Gasteiger partial charge in [-0.15, -0.1) is 24.0 Å². The monoisotopic (exact) mass is 503 g/mol. The highest BCUT2D eigenvalue weighted by molar-refractivity contribution is 14.0. The zero-order valence-corrected chi connectivity index (χ0v) is 20.0. The first-order chi connectivity index (χ1) is 11.9. The minimum Gasteiger partial charge on any atom is -0.357 e. The van der Waals surface area contributed by atoms with Gasteiger partial charge in [-0.25, -0.2) is 12.7 Å². The van der Waals surface area contributed by atoms with Crippen LogP contribution in [0, 0.1) is 0 Å². The molecule has 0 spiro atoms. The van der Waals surface area contributed by atoms with Crippen LogP contribution >= 0.6 is 24.0 Å². The second-order valence-electron chi connectivity index (χ2n) is 6.54. The van der Waals surface area contributed by atoms with Crippen LogP contribution in [0.3, 0.4) is 0 Å². The summed E-state index contributed by atoms with van der Waals surface area (Å²) in [4.78, 5) is 6.97. The van der Waals surface area contributed by atoms with Gasteiger partial charge in [-0.05, 0) is 52.7 Å². The zero-order chi connectivity index (χ0) is 18.7. The summed E-state index contributed by atoms with van der Waals surface area (Å²) >= 11 is 0. The summed E-state index contributed by atoms with van der Waals surface area (Å²) in [7, 11) is -3.03. The zero-order valence-electron chi connectivity index (χ0n) is 16.8. The lowest BCUT2D eigenvalue weighted by molar-refractivity contribution is 0.292. The van der Waals surface area contributed by atoms with Crippen LogP contribution in [-0.2, 0) is 10.0 Å². The minimum atomic E-state index is -3.03. The molecule has 1 unspecified atom stereocenters. The lowest BCUT2D eigenvalue weighted by Gasteiger charge is -2.21. The molecule has 0 saturated carbocycles. The molecule has 1 heterocycles. The summed E-state index contributed by atoms with van der Waals surface area (Å²) in [5, 5.41) is 6.67. The maximum Gasteiger partial charge on any atom is 0.214 e.